The zero-order valence-corrected chi connectivity index (χ0v) is 12.1. The lowest BCUT2D eigenvalue weighted by molar-refractivity contribution is -0.209. The molecule has 1 saturated carbocycles. The standard InChI is InChI=1S/C16H22O4/c1-11-3-4-13(9-12(11)2)20-15-10-16(6-5-14(15)17)18-7-8-19-16/h3-4,9,14-15,17H,5-8,10H2,1-2H3. The third kappa shape index (κ3) is 2.68. The first-order valence-corrected chi connectivity index (χ1v) is 7.28. The van der Waals surface area contributed by atoms with E-state index in [1.807, 2.05) is 18.2 Å². The molecule has 1 spiro atoms. The topological polar surface area (TPSA) is 47.9 Å². The van der Waals surface area contributed by atoms with Crippen LogP contribution in [-0.2, 0) is 9.47 Å². The summed E-state index contributed by atoms with van der Waals surface area (Å²) in [4.78, 5) is 0. The SMILES string of the molecule is Cc1ccc(OC2CC3(CCC2O)OCCO3)cc1C. The Kier molecular flexibility index (Phi) is 3.71. The molecule has 0 aromatic heterocycles. The summed E-state index contributed by atoms with van der Waals surface area (Å²) in [5.74, 6) is 0.260. The van der Waals surface area contributed by atoms with Crippen LogP contribution >= 0.6 is 0 Å². The van der Waals surface area contributed by atoms with Gasteiger partial charge in [-0.05, 0) is 43.5 Å². The number of rotatable bonds is 2. The minimum absolute atomic E-state index is 0.274. The zero-order valence-electron chi connectivity index (χ0n) is 12.1. The molecular weight excluding hydrogens is 256 g/mol. The van der Waals surface area contributed by atoms with Crippen molar-refractivity contribution in [1.29, 1.82) is 0 Å². The van der Waals surface area contributed by atoms with Crippen LogP contribution in [0.4, 0.5) is 0 Å². The van der Waals surface area contributed by atoms with Gasteiger partial charge < -0.3 is 19.3 Å². The van der Waals surface area contributed by atoms with Crippen LogP contribution in [0, 0.1) is 13.8 Å². The average Bonchev–Trinajstić information content (AvgIpc) is 2.87. The Morgan fingerprint density at radius 2 is 1.95 bits per heavy atom. The molecule has 0 bridgehead atoms. The number of aliphatic hydroxyl groups excluding tert-OH is 1. The van der Waals surface area contributed by atoms with Gasteiger partial charge in [-0.15, -0.1) is 0 Å². The van der Waals surface area contributed by atoms with Crippen LogP contribution < -0.4 is 4.74 Å². The van der Waals surface area contributed by atoms with Gasteiger partial charge >= 0.3 is 0 Å². The van der Waals surface area contributed by atoms with Gasteiger partial charge in [0.2, 0.25) is 0 Å². The minimum Gasteiger partial charge on any atom is -0.488 e. The molecule has 20 heavy (non-hydrogen) atoms. The molecule has 4 heteroatoms. The van der Waals surface area contributed by atoms with Gasteiger partial charge in [0.1, 0.15) is 11.9 Å². The average molecular weight is 278 g/mol. The maximum Gasteiger partial charge on any atom is 0.172 e. The van der Waals surface area contributed by atoms with E-state index in [0.717, 1.165) is 12.2 Å². The second-order valence-electron chi connectivity index (χ2n) is 5.82. The number of hydrogen-bond donors (Lipinski definition) is 1. The highest BCUT2D eigenvalue weighted by atomic mass is 16.7. The van der Waals surface area contributed by atoms with Crippen molar-refractivity contribution in [2.24, 2.45) is 0 Å². The summed E-state index contributed by atoms with van der Waals surface area (Å²) in [6, 6.07) is 6.00. The predicted octanol–water partition coefficient (Wildman–Crippen LogP) is 2.34. The maximum absolute atomic E-state index is 10.2. The number of ether oxygens (including phenoxy) is 3. The van der Waals surface area contributed by atoms with Crippen molar-refractivity contribution >= 4 is 0 Å². The predicted molar refractivity (Wildman–Crippen MR) is 74.8 cm³/mol. The molecule has 1 saturated heterocycles. The Balaban J connectivity index is 1.72. The van der Waals surface area contributed by atoms with Crippen molar-refractivity contribution in [3.63, 3.8) is 0 Å². The molecule has 2 aliphatic rings. The van der Waals surface area contributed by atoms with Gasteiger partial charge in [-0.1, -0.05) is 6.07 Å². The lowest BCUT2D eigenvalue weighted by Crippen LogP contribution is -2.47. The van der Waals surface area contributed by atoms with E-state index in [9.17, 15) is 5.11 Å². The molecule has 2 atom stereocenters. The van der Waals surface area contributed by atoms with E-state index in [4.69, 9.17) is 14.2 Å². The van der Waals surface area contributed by atoms with Crippen LogP contribution in [-0.4, -0.2) is 36.3 Å². The third-order valence-electron chi connectivity index (χ3n) is 4.34. The Bertz CT molecular complexity index is 479. The molecule has 0 amide bonds. The molecule has 2 fully saturated rings. The molecule has 1 aliphatic carbocycles. The van der Waals surface area contributed by atoms with Gasteiger partial charge in [-0.25, -0.2) is 0 Å². The second kappa shape index (κ2) is 5.35. The van der Waals surface area contributed by atoms with Crippen molar-refractivity contribution in [3.8, 4) is 5.75 Å². The Morgan fingerprint density at radius 3 is 2.65 bits per heavy atom. The fourth-order valence-corrected chi connectivity index (χ4v) is 2.94. The molecule has 1 heterocycles. The monoisotopic (exact) mass is 278 g/mol. The fourth-order valence-electron chi connectivity index (χ4n) is 2.94. The van der Waals surface area contributed by atoms with E-state index in [2.05, 4.69) is 13.8 Å². The van der Waals surface area contributed by atoms with Crippen molar-refractivity contribution in [2.75, 3.05) is 13.2 Å². The lowest BCUT2D eigenvalue weighted by Gasteiger charge is -2.38. The first-order valence-electron chi connectivity index (χ1n) is 7.28. The van der Waals surface area contributed by atoms with Crippen LogP contribution in [0.3, 0.4) is 0 Å². The second-order valence-corrected chi connectivity index (χ2v) is 5.82. The molecule has 1 N–H and O–H groups in total. The summed E-state index contributed by atoms with van der Waals surface area (Å²) in [5, 5.41) is 10.2. The fraction of sp³-hybridized carbons (Fsp3) is 0.625. The van der Waals surface area contributed by atoms with E-state index in [1.54, 1.807) is 0 Å². The summed E-state index contributed by atoms with van der Waals surface area (Å²) in [6.07, 6.45) is 1.23. The molecule has 1 aliphatic heterocycles. The summed E-state index contributed by atoms with van der Waals surface area (Å²) >= 11 is 0. The van der Waals surface area contributed by atoms with Gasteiger partial charge in [0.05, 0.1) is 19.3 Å². The van der Waals surface area contributed by atoms with E-state index < -0.39 is 11.9 Å². The molecule has 110 valence electrons. The number of hydrogen-bond acceptors (Lipinski definition) is 4. The normalized spacial score (nSPS) is 28.8. The number of aryl methyl sites for hydroxylation is 2. The Hall–Kier alpha value is -1.10. The quantitative estimate of drug-likeness (QED) is 0.902. The first kappa shape index (κ1) is 13.9. The van der Waals surface area contributed by atoms with Crippen molar-refractivity contribution in [3.05, 3.63) is 29.3 Å². The van der Waals surface area contributed by atoms with Gasteiger partial charge in [-0.3, -0.25) is 0 Å². The third-order valence-corrected chi connectivity index (χ3v) is 4.34. The van der Waals surface area contributed by atoms with E-state index in [-0.39, 0.29) is 6.10 Å². The number of benzene rings is 1. The Morgan fingerprint density at radius 1 is 1.20 bits per heavy atom. The summed E-state index contributed by atoms with van der Waals surface area (Å²) in [7, 11) is 0. The highest BCUT2D eigenvalue weighted by Gasteiger charge is 2.45. The van der Waals surface area contributed by atoms with Crippen LogP contribution in [0.25, 0.3) is 0 Å². The number of aliphatic hydroxyl groups is 1. The maximum atomic E-state index is 10.2. The summed E-state index contributed by atoms with van der Waals surface area (Å²) in [5.41, 5.74) is 2.43. The molecule has 2 unspecified atom stereocenters. The lowest BCUT2D eigenvalue weighted by atomic mass is 9.89. The highest BCUT2D eigenvalue weighted by Crippen LogP contribution is 2.37. The largest absolute Gasteiger partial charge is 0.488 e. The van der Waals surface area contributed by atoms with Crippen LogP contribution in [0.1, 0.15) is 30.4 Å². The van der Waals surface area contributed by atoms with Gasteiger partial charge in [0.25, 0.3) is 0 Å². The molecule has 3 rings (SSSR count). The van der Waals surface area contributed by atoms with Gasteiger partial charge in [0.15, 0.2) is 5.79 Å². The smallest absolute Gasteiger partial charge is 0.172 e. The zero-order chi connectivity index (χ0) is 14.2. The summed E-state index contributed by atoms with van der Waals surface area (Å²) in [6.45, 7) is 5.40. The van der Waals surface area contributed by atoms with Crippen molar-refractivity contribution < 1.29 is 19.3 Å². The van der Waals surface area contributed by atoms with Crippen LogP contribution in [0.15, 0.2) is 18.2 Å². The van der Waals surface area contributed by atoms with E-state index >= 15 is 0 Å². The van der Waals surface area contributed by atoms with E-state index in [1.165, 1.54) is 11.1 Å². The molecule has 4 nitrogen and oxygen atoms in total. The van der Waals surface area contributed by atoms with Gasteiger partial charge in [-0.2, -0.15) is 0 Å². The van der Waals surface area contributed by atoms with Crippen LogP contribution in [0.5, 0.6) is 5.75 Å². The Labute approximate surface area is 119 Å². The summed E-state index contributed by atoms with van der Waals surface area (Å²) < 4.78 is 17.4. The van der Waals surface area contributed by atoms with Crippen molar-refractivity contribution in [2.45, 2.75) is 51.1 Å². The van der Waals surface area contributed by atoms with Gasteiger partial charge in [0, 0.05) is 12.8 Å². The van der Waals surface area contributed by atoms with Crippen LogP contribution in [0.2, 0.25) is 0 Å². The highest BCUT2D eigenvalue weighted by molar-refractivity contribution is 5.34. The molecule has 1 aromatic carbocycles. The first-order chi connectivity index (χ1) is 9.58. The molecule has 1 aromatic rings. The van der Waals surface area contributed by atoms with E-state index in [0.29, 0.717) is 26.1 Å². The minimum atomic E-state index is -0.538. The van der Waals surface area contributed by atoms with Crippen molar-refractivity contribution in [1.82, 2.24) is 0 Å². The molecule has 0 radical (unpaired) electrons. The molecular formula is C16H22O4.